The summed E-state index contributed by atoms with van der Waals surface area (Å²) in [7, 11) is 3.43. The van der Waals surface area contributed by atoms with Gasteiger partial charge in [-0.3, -0.25) is 9.59 Å². The van der Waals surface area contributed by atoms with Crippen LogP contribution in [0.5, 0.6) is 11.5 Å². The van der Waals surface area contributed by atoms with Gasteiger partial charge < -0.3 is 30.7 Å². The summed E-state index contributed by atoms with van der Waals surface area (Å²) < 4.78 is 11.1. The van der Waals surface area contributed by atoms with E-state index in [0.29, 0.717) is 35.7 Å². The van der Waals surface area contributed by atoms with Crippen molar-refractivity contribution in [2.75, 3.05) is 14.1 Å². The van der Waals surface area contributed by atoms with Crippen LogP contribution in [0.15, 0.2) is 206 Å². The van der Waals surface area contributed by atoms with Gasteiger partial charge in [-0.05, 0) is 116 Å². The van der Waals surface area contributed by atoms with Crippen molar-refractivity contribution in [3.8, 4) is 56.0 Å². The third kappa shape index (κ3) is 12.2. The number of amides is 4. The number of hydrogen-bond donors (Lipinski definition) is 2. The normalized spacial score (nSPS) is 10.5. The Bertz CT molecular complexity index is 2700. The molecule has 0 aliphatic carbocycles. The molecule has 0 aromatic heterocycles. The fraction of sp³-hybridized carbons (Fsp3) is 0.0714. The molecule has 0 aliphatic heterocycles. The Hall–Kier alpha value is -8.76. The first-order valence-corrected chi connectivity index (χ1v) is 21.1. The number of nitrogens with two attached hydrogens (primary N) is 2. The predicted molar refractivity (Wildman–Crippen MR) is 260 cm³/mol. The van der Waals surface area contributed by atoms with E-state index in [1.54, 1.807) is 72.4 Å². The molecule has 8 rings (SSSR count). The largest absolute Gasteiger partial charge is 0.415 e. The number of carbonyl (C=O) groups excluding carboxylic acids is 4. The monoisotopic (exact) mass is 872 g/mol. The molecule has 4 N–H and O–H groups in total. The number of primary amides is 2. The minimum atomic E-state index is -0.459. The summed E-state index contributed by atoms with van der Waals surface area (Å²) in [5.41, 5.74) is 21.8. The SMILES string of the molecule is CN(Cc1cccc(-c2ccccc2)c1)C(=O)Oc1ccc(-c2ccc(C(N)=O)cc2)cc1.CN(Cc1cccc(-c2ccccc2)c1)C(=O)Oc1ccc(-c2ccc(C(N)=O)cc2)cc1. The van der Waals surface area contributed by atoms with Crippen LogP contribution in [0.2, 0.25) is 0 Å². The van der Waals surface area contributed by atoms with Crippen LogP contribution in [0.4, 0.5) is 9.59 Å². The van der Waals surface area contributed by atoms with Crippen molar-refractivity contribution in [3.63, 3.8) is 0 Å². The van der Waals surface area contributed by atoms with Gasteiger partial charge in [-0.1, -0.05) is 146 Å². The van der Waals surface area contributed by atoms with Crippen LogP contribution in [-0.4, -0.2) is 47.9 Å². The van der Waals surface area contributed by atoms with E-state index in [2.05, 4.69) is 48.5 Å². The molecule has 0 heterocycles. The minimum absolute atomic E-state index is 0.432. The first kappa shape index (κ1) is 45.3. The Morgan fingerprint density at radius 2 is 0.652 bits per heavy atom. The minimum Gasteiger partial charge on any atom is -0.410 e. The second-order valence-corrected chi connectivity index (χ2v) is 15.5. The van der Waals surface area contributed by atoms with Crippen molar-refractivity contribution in [2.24, 2.45) is 11.5 Å². The van der Waals surface area contributed by atoms with Gasteiger partial charge in [0, 0.05) is 38.3 Å². The van der Waals surface area contributed by atoms with E-state index in [1.807, 2.05) is 109 Å². The molecule has 4 amide bonds. The molecule has 0 fully saturated rings. The number of ether oxygens (including phenoxy) is 2. The highest BCUT2D eigenvalue weighted by molar-refractivity contribution is 5.94. The topological polar surface area (TPSA) is 145 Å². The summed E-state index contributed by atoms with van der Waals surface area (Å²) in [5, 5.41) is 0. The molecular formula is C56H48N4O6. The second-order valence-electron chi connectivity index (χ2n) is 15.5. The quantitative estimate of drug-likeness (QED) is 0.125. The fourth-order valence-corrected chi connectivity index (χ4v) is 7.08. The third-order valence-electron chi connectivity index (χ3n) is 10.7. The van der Waals surface area contributed by atoms with Gasteiger partial charge in [0.15, 0.2) is 0 Å². The first-order chi connectivity index (χ1) is 32.0. The van der Waals surface area contributed by atoms with E-state index in [9.17, 15) is 19.2 Å². The predicted octanol–water partition coefficient (Wildman–Crippen LogP) is 11.5. The fourth-order valence-electron chi connectivity index (χ4n) is 7.08. The van der Waals surface area contributed by atoms with Gasteiger partial charge in [-0.25, -0.2) is 9.59 Å². The summed E-state index contributed by atoms with van der Waals surface area (Å²) >= 11 is 0. The Kier molecular flexibility index (Phi) is 14.8. The Labute approximate surface area is 384 Å². The van der Waals surface area contributed by atoms with Crippen molar-refractivity contribution >= 4 is 24.0 Å². The summed E-state index contributed by atoms with van der Waals surface area (Å²) in [6.45, 7) is 0.869. The van der Waals surface area contributed by atoms with Crippen molar-refractivity contribution in [1.82, 2.24) is 9.80 Å². The zero-order chi connectivity index (χ0) is 46.4. The molecule has 10 heteroatoms. The maximum absolute atomic E-state index is 12.6. The molecule has 0 spiro atoms. The van der Waals surface area contributed by atoms with Crippen molar-refractivity contribution in [1.29, 1.82) is 0 Å². The van der Waals surface area contributed by atoms with Gasteiger partial charge in [0.1, 0.15) is 11.5 Å². The molecule has 8 aromatic carbocycles. The molecule has 0 saturated heterocycles. The van der Waals surface area contributed by atoms with Gasteiger partial charge in [-0.2, -0.15) is 0 Å². The van der Waals surface area contributed by atoms with Crippen LogP contribution in [0, 0.1) is 0 Å². The Balaban J connectivity index is 0.000000196. The summed E-state index contributed by atoms with van der Waals surface area (Å²) in [4.78, 5) is 50.7. The highest BCUT2D eigenvalue weighted by Crippen LogP contribution is 2.26. The van der Waals surface area contributed by atoms with E-state index in [4.69, 9.17) is 20.9 Å². The Morgan fingerprint density at radius 3 is 0.970 bits per heavy atom. The molecule has 0 unspecified atom stereocenters. The summed E-state index contributed by atoms with van der Waals surface area (Å²) in [6.07, 6.45) is -0.864. The maximum Gasteiger partial charge on any atom is 0.415 e. The molecule has 0 saturated carbocycles. The highest BCUT2D eigenvalue weighted by Gasteiger charge is 2.15. The van der Waals surface area contributed by atoms with Crippen LogP contribution < -0.4 is 20.9 Å². The number of nitrogens with zero attached hydrogens (tertiary/aromatic N) is 2. The molecule has 0 atom stereocenters. The van der Waals surface area contributed by atoms with Gasteiger partial charge in [-0.15, -0.1) is 0 Å². The lowest BCUT2D eigenvalue weighted by molar-refractivity contribution is 0.0992. The van der Waals surface area contributed by atoms with Crippen LogP contribution >= 0.6 is 0 Å². The Morgan fingerprint density at radius 1 is 0.364 bits per heavy atom. The second kappa shape index (κ2) is 21.5. The standard InChI is InChI=1S/2C28H24N2O3/c2*1-30(19-20-6-5-9-25(18-20)21-7-3-2-4-8-21)28(32)33-26-16-14-23(15-17-26)22-10-12-24(13-11-22)27(29)31/h2*2-18H,19H2,1H3,(H2,29,31). The maximum atomic E-state index is 12.6. The number of rotatable bonds is 12. The average molecular weight is 873 g/mol. The van der Waals surface area contributed by atoms with Crippen molar-refractivity contribution in [2.45, 2.75) is 13.1 Å². The smallest absolute Gasteiger partial charge is 0.410 e. The van der Waals surface area contributed by atoms with Gasteiger partial charge >= 0.3 is 12.2 Å². The van der Waals surface area contributed by atoms with E-state index in [1.165, 1.54) is 0 Å². The molecule has 10 nitrogen and oxygen atoms in total. The lowest BCUT2D eigenvalue weighted by Gasteiger charge is -2.17. The summed E-state index contributed by atoms with van der Waals surface area (Å²) in [6, 6.07) is 65.0. The zero-order valence-corrected chi connectivity index (χ0v) is 36.5. The van der Waals surface area contributed by atoms with E-state index >= 15 is 0 Å². The molecular weight excluding hydrogens is 825 g/mol. The van der Waals surface area contributed by atoms with Crippen LogP contribution in [0.1, 0.15) is 31.8 Å². The van der Waals surface area contributed by atoms with E-state index in [-0.39, 0.29) is 0 Å². The first-order valence-electron chi connectivity index (χ1n) is 21.1. The van der Waals surface area contributed by atoms with Gasteiger partial charge in [0.2, 0.25) is 11.8 Å². The van der Waals surface area contributed by atoms with Crippen LogP contribution in [0.3, 0.4) is 0 Å². The molecule has 0 radical (unpaired) electrons. The third-order valence-corrected chi connectivity index (χ3v) is 10.7. The van der Waals surface area contributed by atoms with Crippen molar-refractivity contribution in [3.05, 3.63) is 229 Å². The van der Waals surface area contributed by atoms with E-state index in [0.717, 1.165) is 55.6 Å². The number of carbonyl (C=O) groups is 4. The summed E-state index contributed by atoms with van der Waals surface area (Å²) in [5.74, 6) is 0.00392. The molecule has 0 bridgehead atoms. The molecule has 0 aliphatic rings. The van der Waals surface area contributed by atoms with Crippen molar-refractivity contribution < 1.29 is 28.7 Å². The van der Waals surface area contributed by atoms with Gasteiger partial charge in [0.05, 0.1) is 0 Å². The van der Waals surface area contributed by atoms with Crippen LogP contribution in [0.25, 0.3) is 44.5 Å². The average Bonchev–Trinajstić information content (AvgIpc) is 3.35. The van der Waals surface area contributed by atoms with E-state index < -0.39 is 24.0 Å². The lowest BCUT2D eigenvalue weighted by Crippen LogP contribution is -2.29. The van der Waals surface area contributed by atoms with Gasteiger partial charge in [0.25, 0.3) is 0 Å². The lowest BCUT2D eigenvalue weighted by atomic mass is 10.0. The number of hydrogen-bond acceptors (Lipinski definition) is 6. The molecule has 8 aromatic rings. The molecule has 66 heavy (non-hydrogen) atoms. The highest BCUT2D eigenvalue weighted by atomic mass is 16.6. The number of benzene rings is 8. The molecule has 328 valence electrons. The zero-order valence-electron chi connectivity index (χ0n) is 36.5. The van der Waals surface area contributed by atoms with Crippen LogP contribution in [-0.2, 0) is 13.1 Å².